The zero-order chi connectivity index (χ0) is 31.9. The van der Waals surface area contributed by atoms with Crippen molar-refractivity contribution in [3.63, 3.8) is 0 Å². The van der Waals surface area contributed by atoms with E-state index in [0.717, 1.165) is 14.8 Å². The van der Waals surface area contributed by atoms with Crippen molar-refractivity contribution in [3.05, 3.63) is 96.6 Å². The number of aryl methyl sites for hydroxylation is 1. The van der Waals surface area contributed by atoms with Crippen LogP contribution < -0.4 is 23.8 Å². The van der Waals surface area contributed by atoms with Gasteiger partial charge in [0.25, 0.3) is 20.0 Å². The van der Waals surface area contributed by atoms with Crippen LogP contribution in [0.3, 0.4) is 0 Å². The first-order chi connectivity index (χ1) is 21.0. The van der Waals surface area contributed by atoms with Crippen LogP contribution in [0.2, 0.25) is 0 Å². The summed E-state index contributed by atoms with van der Waals surface area (Å²) in [4.78, 5) is 14.1. The number of amides is 1. The molecule has 4 rings (SSSR count). The Labute approximate surface area is 262 Å². The van der Waals surface area contributed by atoms with E-state index in [4.69, 9.17) is 9.47 Å². The Bertz CT molecular complexity index is 1810. The summed E-state index contributed by atoms with van der Waals surface area (Å²) in [5, 5.41) is 2.66. The summed E-state index contributed by atoms with van der Waals surface area (Å²) in [6.07, 6.45) is 1.89. The molecule has 0 heterocycles. The number of hydrogen-bond acceptors (Lipinski definition) is 8. The molecule has 0 aliphatic carbocycles. The molecule has 0 fully saturated rings. The van der Waals surface area contributed by atoms with Gasteiger partial charge in [-0.1, -0.05) is 6.07 Å². The molecular formula is C31H33N3O7S3. The third-order valence-electron chi connectivity index (χ3n) is 6.42. The van der Waals surface area contributed by atoms with E-state index in [9.17, 15) is 21.6 Å². The van der Waals surface area contributed by atoms with Crippen LogP contribution in [-0.2, 0) is 24.8 Å². The van der Waals surface area contributed by atoms with Gasteiger partial charge in [0.15, 0.2) is 0 Å². The lowest BCUT2D eigenvalue weighted by molar-refractivity contribution is -0.114. The number of ether oxygens (including phenoxy) is 2. The van der Waals surface area contributed by atoms with E-state index in [0.29, 0.717) is 23.8 Å². The van der Waals surface area contributed by atoms with Gasteiger partial charge in [0.1, 0.15) is 18.0 Å². The van der Waals surface area contributed by atoms with E-state index in [1.165, 1.54) is 55.3 Å². The predicted molar refractivity (Wildman–Crippen MR) is 174 cm³/mol. The van der Waals surface area contributed by atoms with Gasteiger partial charge in [-0.2, -0.15) is 0 Å². The summed E-state index contributed by atoms with van der Waals surface area (Å²) < 4.78 is 67.8. The van der Waals surface area contributed by atoms with E-state index in [2.05, 4.69) is 10.0 Å². The summed E-state index contributed by atoms with van der Waals surface area (Å²) in [5.74, 6) is 0.310. The van der Waals surface area contributed by atoms with E-state index in [1.54, 1.807) is 54.6 Å². The number of methoxy groups -OCH3 is 1. The largest absolute Gasteiger partial charge is 0.495 e. The van der Waals surface area contributed by atoms with Gasteiger partial charge in [0, 0.05) is 10.6 Å². The maximum absolute atomic E-state index is 13.7. The highest BCUT2D eigenvalue weighted by molar-refractivity contribution is 7.98. The molecule has 0 aliphatic rings. The molecule has 0 saturated heterocycles. The second kappa shape index (κ2) is 14.1. The van der Waals surface area contributed by atoms with Crippen molar-refractivity contribution in [1.29, 1.82) is 0 Å². The van der Waals surface area contributed by atoms with Crippen LogP contribution in [0.25, 0.3) is 0 Å². The molecule has 0 unspecified atom stereocenters. The molecular weight excluding hydrogens is 623 g/mol. The first-order valence-electron chi connectivity index (χ1n) is 13.4. The highest BCUT2D eigenvalue weighted by atomic mass is 32.2. The summed E-state index contributed by atoms with van der Waals surface area (Å²) >= 11 is 1.48. The lowest BCUT2D eigenvalue weighted by Gasteiger charge is -2.24. The molecule has 10 nitrogen and oxygen atoms in total. The van der Waals surface area contributed by atoms with Crippen LogP contribution in [0.5, 0.6) is 11.5 Å². The fraction of sp³-hybridized carbons (Fsp3) is 0.194. The monoisotopic (exact) mass is 655 g/mol. The normalized spacial score (nSPS) is 11.5. The van der Waals surface area contributed by atoms with Crippen molar-refractivity contribution >= 4 is 54.8 Å². The Morgan fingerprint density at radius 2 is 1.50 bits per heavy atom. The van der Waals surface area contributed by atoms with Crippen LogP contribution in [0.1, 0.15) is 12.5 Å². The van der Waals surface area contributed by atoms with Gasteiger partial charge in [-0.25, -0.2) is 16.8 Å². The predicted octanol–water partition coefficient (Wildman–Crippen LogP) is 5.76. The van der Waals surface area contributed by atoms with Crippen molar-refractivity contribution in [2.24, 2.45) is 0 Å². The first-order valence-corrected chi connectivity index (χ1v) is 17.6. The molecule has 1 amide bonds. The Morgan fingerprint density at radius 3 is 2.09 bits per heavy atom. The smallest absolute Gasteiger partial charge is 0.264 e. The molecule has 0 radical (unpaired) electrons. The maximum Gasteiger partial charge on any atom is 0.264 e. The maximum atomic E-state index is 13.7. The number of hydrogen-bond donors (Lipinski definition) is 2. The molecule has 2 N–H and O–H groups in total. The number of nitrogens with zero attached hydrogens (tertiary/aromatic N) is 1. The van der Waals surface area contributed by atoms with Crippen LogP contribution in [0, 0.1) is 6.92 Å². The Morgan fingerprint density at radius 1 is 0.864 bits per heavy atom. The molecule has 0 atom stereocenters. The molecule has 0 bridgehead atoms. The zero-order valence-electron chi connectivity index (χ0n) is 24.6. The van der Waals surface area contributed by atoms with Gasteiger partial charge in [-0.05, 0) is 111 Å². The molecule has 0 spiro atoms. The van der Waals surface area contributed by atoms with Gasteiger partial charge in [0.05, 0.1) is 34.9 Å². The van der Waals surface area contributed by atoms with E-state index < -0.39 is 32.5 Å². The van der Waals surface area contributed by atoms with Gasteiger partial charge >= 0.3 is 0 Å². The van der Waals surface area contributed by atoms with E-state index in [1.807, 2.05) is 20.1 Å². The molecule has 232 valence electrons. The minimum Gasteiger partial charge on any atom is -0.495 e. The number of rotatable bonds is 13. The van der Waals surface area contributed by atoms with Crippen LogP contribution in [0.4, 0.5) is 17.1 Å². The topological polar surface area (TPSA) is 131 Å². The number of benzene rings is 4. The van der Waals surface area contributed by atoms with E-state index in [-0.39, 0.29) is 21.2 Å². The van der Waals surface area contributed by atoms with Crippen LogP contribution in [-0.4, -0.2) is 49.3 Å². The van der Waals surface area contributed by atoms with Gasteiger partial charge < -0.3 is 14.8 Å². The molecule has 0 aliphatic heterocycles. The van der Waals surface area contributed by atoms with Gasteiger partial charge in [-0.15, -0.1) is 11.8 Å². The van der Waals surface area contributed by atoms with Crippen molar-refractivity contribution in [2.75, 3.05) is 40.9 Å². The minimum absolute atomic E-state index is 0.0317. The Kier molecular flexibility index (Phi) is 10.4. The second-order valence-electron chi connectivity index (χ2n) is 9.50. The van der Waals surface area contributed by atoms with Crippen molar-refractivity contribution < 1.29 is 31.1 Å². The quantitative estimate of drug-likeness (QED) is 0.174. The third-order valence-corrected chi connectivity index (χ3v) is 10.3. The summed E-state index contributed by atoms with van der Waals surface area (Å²) in [6, 6.07) is 23.5. The highest BCUT2D eigenvalue weighted by Gasteiger charge is 2.27. The second-order valence-corrected chi connectivity index (χ2v) is 13.9. The summed E-state index contributed by atoms with van der Waals surface area (Å²) in [7, 11) is -6.65. The molecule has 4 aromatic rings. The fourth-order valence-electron chi connectivity index (χ4n) is 4.22. The average Bonchev–Trinajstić information content (AvgIpc) is 3.01. The number of carbonyl (C=O) groups excluding carboxylic acids is 1. The third kappa shape index (κ3) is 7.84. The van der Waals surface area contributed by atoms with Crippen LogP contribution >= 0.6 is 11.8 Å². The number of sulfonamides is 2. The Hall–Kier alpha value is -4.20. The first kappa shape index (κ1) is 32.7. The van der Waals surface area contributed by atoms with Gasteiger partial charge in [0.2, 0.25) is 5.91 Å². The van der Waals surface area contributed by atoms with E-state index >= 15 is 0 Å². The zero-order valence-corrected chi connectivity index (χ0v) is 27.1. The molecule has 4 aromatic carbocycles. The lowest BCUT2D eigenvalue weighted by atomic mass is 10.2. The summed E-state index contributed by atoms with van der Waals surface area (Å²) in [6.45, 7) is 3.59. The molecule has 44 heavy (non-hydrogen) atoms. The minimum atomic E-state index is -4.13. The highest BCUT2D eigenvalue weighted by Crippen LogP contribution is 2.29. The average molecular weight is 656 g/mol. The molecule has 0 aromatic heterocycles. The van der Waals surface area contributed by atoms with Crippen LogP contribution in [0.15, 0.2) is 106 Å². The van der Waals surface area contributed by atoms with Crippen molar-refractivity contribution in [1.82, 2.24) is 0 Å². The standard InChI is InChI=1S/C31H33N3O7S3/c1-5-41-25-11-9-24(10-12-25)34(44(38,39)28-17-13-26(42-4)14-18-28)21-31(35)32-23-7-15-27(16-8-23)43(36,37)33-29-20-22(2)6-19-30(29)40-3/h6-20,33H,5,21H2,1-4H3,(H,32,35). The Balaban J connectivity index is 1.54. The number of carbonyl (C=O) groups is 1. The molecule has 13 heteroatoms. The number of thioether (sulfide) groups is 1. The SMILES string of the molecule is CCOc1ccc(N(CC(=O)Nc2ccc(S(=O)(=O)Nc3cc(C)ccc3OC)cc2)S(=O)(=O)c2ccc(SC)cc2)cc1. The van der Waals surface area contributed by atoms with Crippen molar-refractivity contribution in [2.45, 2.75) is 28.5 Å². The van der Waals surface area contributed by atoms with Gasteiger partial charge in [-0.3, -0.25) is 13.8 Å². The van der Waals surface area contributed by atoms with Crippen molar-refractivity contribution in [3.8, 4) is 11.5 Å². The number of anilines is 3. The molecule has 0 saturated carbocycles. The lowest BCUT2D eigenvalue weighted by Crippen LogP contribution is -2.38. The summed E-state index contributed by atoms with van der Waals surface area (Å²) in [5.41, 5.74) is 1.70. The fourth-order valence-corrected chi connectivity index (χ4v) is 7.11. The number of nitrogens with one attached hydrogen (secondary N) is 2.